The summed E-state index contributed by atoms with van der Waals surface area (Å²) in [5.74, 6) is -1.44. The number of rotatable bonds is 2. The molecular formula is C15H20F2N2O. The summed E-state index contributed by atoms with van der Waals surface area (Å²) in [4.78, 5) is 14.0. The van der Waals surface area contributed by atoms with Gasteiger partial charge in [0.2, 0.25) is 0 Å². The Morgan fingerprint density at radius 1 is 1.40 bits per heavy atom. The molecule has 1 aliphatic rings. The Labute approximate surface area is 117 Å². The van der Waals surface area contributed by atoms with Crippen LogP contribution >= 0.6 is 0 Å². The minimum Gasteiger partial charge on any atom is -0.334 e. The van der Waals surface area contributed by atoms with Gasteiger partial charge < -0.3 is 10.6 Å². The van der Waals surface area contributed by atoms with E-state index in [0.29, 0.717) is 13.1 Å². The van der Waals surface area contributed by atoms with Crippen LogP contribution in [0.1, 0.15) is 35.7 Å². The summed E-state index contributed by atoms with van der Waals surface area (Å²) in [6, 6.07) is 1.94. The van der Waals surface area contributed by atoms with Crippen LogP contribution in [0, 0.1) is 24.5 Å². The zero-order chi connectivity index (χ0) is 14.9. The van der Waals surface area contributed by atoms with Crippen LogP contribution in [0.4, 0.5) is 8.78 Å². The van der Waals surface area contributed by atoms with Gasteiger partial charge in [-0.1, -0.05) is 6.92 Å². The molecule has 0 aliphatic carbocycles. The number of piperidine rings is 1. The summed E-state index contributed by atoms with van der Waals surface area (Å²) < 4.78 is 27.5. The highest BCUT2D eigenvalue weighted by Gasteiger charge is 2.32. The van der Waals surface area contributed by atoms with Gasteiger partial charge in [0.25, 0.3) is 5.91 Å². The average Bonchev–Trinajstić information content (AvgIpc) is 2.41. The molecule has 1 saturated heterocycles. The summed E-state index contributed by atoms with van der Waals surface area (Å²) in [5.41, 5.74) is 5.72. The Hall–Kier alpha value is -1.49. The summed E-state index contributed by atoms with van der Waals surface area (Å²) in [6.07, 6.45) is 1.86. The van der Waals surface area contributed by atoms with Crippen molar-refractivity contribution in [1.82, 2.24) is 4.90 Å². The van der Waals surface area contributed by atoms with Crippen LogP contribution in [0.25, 0.3) is 0 Å². The first kappa shape index (κ1) is 14.9. The van der Waals surface area contributed by atoms with Crippen LogP contribution in [0.3, 0.4) is 0 Å². The third-order valence-electron chi connectivity index (χ3n) is 4.10. The number of halogens is 2. The van der Waals surface area contributed by atoms with Crippen molar-refractivity contribution in [1.29, 1.82) is 0 Å². The van der Waals surface area contributed by atoms with Crippen molar-refractivity contribution < 1.29 is 13.6 Å². The van der Waals surface area contributed by atoms with Crippen molar-refractivity contribution in [2.75, 3.05) is 13.1 Å². The van der Waals surface area contributed by atoms with Gasteiger partial charge in [-0.2, -0.15) is 0 Å². The smallest absolute Gasteiger partial charge is 0.257 e. The molecule has 1 heterocycles. The van der Waals surface area contributed by atoms with Crippen molar-refractivity contribution in [3.63, 3.8) is 0 Å². The lowest BCUT2D eigenvalue weighted by atomic mass is 9.90. The van der Waals surface area contributed by atoms with Gasteiger partial charge in [-0.05, 0) is 43.4 Å². The van der Waals surface area contributed by atoms with Gasteiger partial charge in [0.1, 0.15) is 11.6 Å². The Bertz CT molecular complexity index is 519. The van der Waals surface area contributed by atoms with Crippen LogP contribution in [0.5, 0.6) is 0 Å². The van der Waals surface area contributed by atoms with Gasteiger partial charge in [0.15, 0.2) is 0 Å². The molecule has 1 fully saturated rings. The normalized spacial score (nSPS) is 22.9. The topological polar surface area (TPSA) is 46.3 Å². The molecule has 1 aromatic carbocycles. The molecule has 0 unspecified atom stereocenters. The summed E-state index contributed by atoms with van der Waals surface area (Å²) >= 11 is 0. The lowest BCUT2D eigenvalue weighted by Gasteiger charge is -2.39. The lowest BCUT2D eigenvalue weighted by molar-refractivity contribution is 0.0527. The van der Waals surface area contributed by atoms with Crippen molar-refractivity contribution in [2.45, 2.75) is 32.7 Å². The van der Waals surface area contributed by atoms with Crippen LogP contribution in [0.2, 0.25) is 0 Å². The molecule has 110 valence electrons. The molecule has 1 aliphatic heterocycles. The number of hydrogen-bond acceptors (Lipinski definition) is 2. The van der Waals surface area contributed by atoms with E-state index >= 15 is 0 Å². The molecule has 20 heavy (non-hydrogen) atoms. The largest absolute Gasteiger partial charge is 0.334 e. The Morgan fingerprint density at radius 3 is 2.75 bits per heavy atom. The fourth-order valence-electron chi connectivity index (χ4n) is 2.83. The molecule has 3 nitrogen and oxygen atoms in total. The van der Waals surface area contributed by atoms with E-state index in [1.54, 1.807) is 4.90 Å². The number of benzene rings is 1. The molecular weight excluding hydrogens is 262 g/mol. The summed E-state index contributed by atoms with van der Waals surface area (Å²) in [6.45, 7) is 4.38. The van der Waals surface area contributed by atoms with Gasteiger partial charge in [-0.15, -0.1) is 0 Å². The second kappa shape index (κ2) is 5.87. The van der Waals surface area contributed by atoms with Crippen molar-refractivity contribution in [3.8, 4) is 0 Å². The van der Waals surface area contributed by atoms with E-state index in [-0.39, 0.29) is 23.1 Å². The van der Waals surface area contributed by atoms with E-state index in [1.165, 1.54) is 6.92 Å². The van der Waals surface area contributed by atoms with Crippen molar-refractivity contribution in [2.24, 2.45) is 11.7 Å². The minimum atomic E-state index is -0.678. The quantitative estimate of drug-likeness (QED) is 0.905. The highest BCUT2D eigenvalue weighted by Crippen LogP contribution is 2.25. The number of likely N-dealkylation sites (tertiary alicyclic amines) is 1. The standard InChI is InChI=1S/C15H20F2N2O/c1-9-4-3-5-19(14(9)8-18)15(20)11-7-12(16)10(2)6-13(11)17/h6-7,9,14H,3-5,8,18H2,1-2H3/t9-,14-/m0/s1. The number of carbonyl (C=O) groups is 1. The third kappa shape index (κ3) is 2.68. The monoisotopic (exact) mass is 282 g/mol. The average molecular weight is 282 g/mol. The van der Waals surface area contributed by atoms with E-state index in [4.69, 9.17) is 5.73 Å². The predicted octanol–water partition coefficient (Wildman–Crippen LogP) is 2.47. The molecule has 2 rings (SSSR count). The maximum absolute atomic E-state index is 13.9. The second-order valence-electron chi connectivity index (χ2n) is 5.50. The number of nitrogens with zero attached hydrogens (tertiary/aromatic N) is 1. The second-order valence-corrected chi connectivity index (χ2v) is 5.50. The zero-order valence-electron chi connectivity index (χ0n) is 11.8. The number of nitrogens with two attached hydrogens (primary N) is 1. The zero-order valence-corrected chi connectivity index (χ0v) is 11.8. The molecule has 2 atom stereocenters. The fourth-order valence-corrected chi connectivity index (χ4v) is 2.83. The molecule has 0 radical (unpaired) electrons. The molecule has 5 heteroatoms. The molecule has 1 amide bonds. The van der Waals surface area contributed by atoms with Gasteiger partial charge in [0, 0.05) is 19.1 Å². The lowest BCUT2D eigenvalue weighted by Crippen LogP contribution is -2.51. The van der Waals surface area contributed by atoms with E-state index in [0.717, 1.165) is 25.0 Å². The molecule has 0 saturated carbocycles. The van der Waals surface area contributed by atoms with Crippen LogP contribution in [-0.4, -0.2) is 29.9 Å². The Kier molecular flexibility index (Phi) is 4.38. The SMILES string of the molecule is Cc1cc(F)c(C(=O)N2CCC[C@H](C)[C@@H]2CN)cc1F. The number of hydrogen-bond donors (Lipinski definition) is 1. The van der Waals surface area contributed by atoms with E-state index in [2.05, 4.69) is 0 Å². The van der Waals surface area contributed by atoms with Crippen molar-refractivity contribution in [3.05, 3.63) is 34.9 Å². The van der Waals surface area contributed by atoms with E-state index in [1.807, 2.05) is 6.92 Å². The third-order valence-corrected chi connectivity index (χ3v) is 4.10. The number of amides is 1. The highest BCUT2D eigenvalue weighted by atomic mass is 19.1. The van der Waals surface area contributed by atoms with Crippen LogP contribution < -0.4 is 5.73 Å². The maximum atomic E-state index is 13.9. The van der Waals surface area contributed by atoms with Crippen molar-refractivity contribution >= 4 is 5.91 Å². The van der Waals surface area contributed by atoms with E-state index < -0.39 is 17.5 Å². The van der Waals surface area contributed by atoms with Gasteiger partial charge >= 0.3 is 0 Å². The van der Waals surface area contributed by atoms with Gasteiger partial charge in [-0.25, -0.2) is 8.78 Å². The first-order valence-electron chi connectivity index (χ1n) is 6.92. The van der Waals surface area contributed by atoms with Crippen LogP contribution in [-0.2, 0) is 0 Å². The van der Waals surface area contributed by atoms with Gasteiger partial charge in [0.05, 0.1) is 5.56 Å². The Balaban J connectivity index is 2.33. The minimum absolute atomic E-state index is 0.111. The molecule has 0 aromatic heterocycles. The first-order valence-corrected chi connectivity index (χ1v) is 6.92. The Morgan fingerprint density at radius 2 is 2.10 bits per heavy atom. The molecule has 1 aromatic rings. The predicted molar refractivity (Wildman–Crippen MR) is 73.4 cm³/mol. The number of carbonyl (C=O) groups excluding carboxylic acids is 1. The summed E-state index contributed by atoms with van der Waals surface area (Å²) in [5, 5.41) is 0. The number of aryl methyl sites for hydroxylation is 1. The first-order chi connectivity index (χ1) is 9.45. The van der Waals surface area contributed by atoms with E-state index in [9.17, 15) is 13.6 Å². The van der Waals surface area contributed by atoms with Crippen LogP contribution in [0.15, 0.2) is 12.1 Å². The molecule has 2 N–H and O–H groups in total. The molecule has 0 spiro atoms. The summed E-state index contributed by atoms with van der Waals surface area (Å²) in [7, 11) is 0. The highest BCUT2D eigenvalue weighted by molar-refractivity contribution is 5.95. The molecule has 0 bridgehead atoms. The van der Waals surface area contributed by atoms with Gasteiger partial charge in [-0.3, -0.25) is 4.79 Å². The maximum Gasteiger partial charge on any atom is 0.257 e. The fraction of sp³-hybridized carbons (Fsp3) is 0.533.